The van der Waals surface area contributed by atoms with Crippen molar-refractivity contribution in [3.63, 3.8) is 0 Å². The Bertz CT molecular complexity index is 140. The lowest BCUT2D eigenvalue weighted by atomic mass is 9.82. The molecule has 1 spiro atoms. The summed E-state index contributed by atoms with van der Waals surface area (Å²) in [6, 6.07) is 0. The number of alkyl halides is 4. The molecule has 58 valence electrons. The molecule has 2 aliphatic rings. The minimum Gasteiger partial charge on any atom is -0.0819 e. The fraction of sp³-hybridized carbons (Fsp3) is 1.00. The van der Waals surface area contributed by atoms with Gasteiger partial charge in [-0.3, -0.25) is 0 Å². The van der Waals surface area contributed by atoms with Gasteiger partial charge >= 0.3 is 0 Å². The molecule has 0 radical (unpaired) electrons. The van der Waals surface area contributed by atoms with Crippen LogP contribution in [0.4, 0.5) is 0 Å². The van der Waals surface area contributed by atoms with E-state index >= 15 is 0 Å². The topological polar surface area (TPSA) is 0 Å². The van der Waals surface area contributed by atoms with Gasteiger partial charge in [0.2, 0.25) is 0 Å². The van der Waals surface area contributed by atoms with Gasteiger partial charge in [-0.05, 0) is 6.42 Å². The Morgan fingerprint density at radius 2 is 1.30 bits per heavy atom. The van der Waals surface area contributed by atoms with Crippen LogP contribution in [0.3, 0.4) is 0 Å². The highest BCUT2D eigenvalue weighted by atomic mass is 127. The molecule has 2 saturated carbocycles. The van der Waals surface area contributed by atoms with Crippen molar-refractivity contribution < 1.29 is 0 Å². The average Bonchev–Trinajstić information content (AvgIpc) is 2.40. The summed E-state index contributed by atoms with van der Waals surface area (Å²) in [5.41, 5.74) is 0.752. The van der Waals surface area contributed by atoms with E-state index in [9.17, 15) is 0 Å². The first-order chi connectivity index (χ1) is 4.61. The molecule has 4 atom stereocenters. The van der Waals surface area contributed by atoms with Gasteiger partial charge < -0.3 is 0 Å². The maximum Gasteiger partial charge on any atom is 0.0321 e. The van der Waals surface area contributed by atoms with Crippen LogP contribution in [0.1, 0.15) is 6.42 Å². The van der Waals surface area contributed by atoms with Gasteiger partial charge in [0.1, 0.15) is 0 Å². The van der Waals surface area contributed by atoms with Gasteiger partial charge in [0.15, 0.2) is 0 Å². The highest BCUT2D eigenvalue weighted by Gasteiger charge is 2.74. The van der Waals surface area contributed by atoms with E-state index in [4.69, 9.17) is 0 Å². The van der Waals surface area contributed by atoms with Gasteiger partial charge in [-0.15, -0.1) is 0 Å². The molecule has 2 fully saturated rings. The van der Waals surface area contributed by atoms with Crippen LogP contribution in [-0.2, 0) is 0 Å². The lowest BCUT2D eigenvalue weighted by molar-refractivity contribution is 0.362. The molecule has 4 unspecified atom stereocenters. The van der Waals surface area contributed by atoms with Crippen molar-refractivity contribution in [2.45, 2.75) is 22.1 Å². The maximum absolute atomic E-state index is 2.63. The zero-order chi connectivity index (χ0) is 7.52. The van der Waals surface area contributed by atoms with Crippen molar-refractivity contribution >= 4 is 90.4 Å². The van der Waals surface area contributed by atoms with Crippen molar-refractivity contribution in [3.8, 4) is 0 Å². The van der Waals surface area contributed by atoms with Crippen LogP contribution in [0.25, 0.3) is 0 Å². The molecule has 0 nitrogen and oxygen atoms in total. The van der Waals surface area contributed by atoms with Crippen molar-refractivity contribution in [1.82, 2.24) is 0 Å². The highest BCUT2D eigenvalue weighted by Crippen LogP contribution is 2.72. The molecule has 0 aromatic carbocycles. The Labute approximate surface area is 116 Å². The van der Waals surface area contributed by atoms with E-state index in [1.807, 2.05) is 0 Å². The average molecular weight is 586 g/mol. The van der Waals surface area contributed by atoms with E-state index in [1.165, 1.54) is 6.42 Å². The molecular formula is C6H6I4. The van der Waals surface area contributed by atoms with E-state index in [0.717, 1.165) is 21.1 Å². The molecule has 0 amide bonds. The molecule has 0 bridgehead atoms. The SMILES string of the molecule is IC1CC(I)C12C(I)C2I. The molecule has 0 heterocycles. The molecule has 0 N–H and O–H groups in total. The molecule has 4 heteroatoms. The second-order valence-electron chi connectivity index (χ2n) is 2.97. The fourth-order valence-electron chi connectivity index (χ4n) is 1.65. The van der Waals surface area contributed by atoms with Gasteiger partial charge in [0.25, 0.3) is 0 Å². The fourth-order valence-corrected chi connectivity index (χ4v) is 13.5. The molecule has 0 aromatic heterocycles. The third-order valence-electron chi connectivity index (χ3n) is 2.60. The van der Waals surface area contributed by atoms with E-state index in [-0.39, 0.29) is 0 Å². The number of rotatable bonds is 0. The normalized spacial score (nSPS) is 66.0. The molecule has 0 aliphatic heterocycles. The predicted octanol–water partition coefficient (Wildman–Crippen LogP) is 3.60. The van der Waals surface area contributed by atoms with Crippen LogP contribution < -0.4 is 0 Å². The zero-order valence-electron chi connectivity index (χ0n) is 5.03. The van der Waals surface area contributed by atoms with E-state index < -0.39 is 0 Å². The van der Waals surface area contributed by atoms with Gasteiger partial charge in [-0.1, -0.05) is 90.4 Å². The molecule has 0 aromatic rings. The maximum atomic E-state index is 2.63. The van der Waals surface area contributed by atoms with Crippen molar-refractivity contribution in [1.29, 1.82) is 0 Å². The molecule has 2 aliphatic carbocycles. The Hall–Kier alpha value is 2.92. The highest BCUT2D eigenvalue weighted by molar-refractivity contribution is 14.1. The minimum absolute atomic E-state index is 0.752. The third-order valence-corrected chi connectivity index (χ3v) is 10.7. The molecule has 0 saturated heterocycles. The van der Waals surface area contributed by atoms with Gasteiger partial charge in [0, 0.05) is 21.1 Å². The van der Waals surface area contributed by atoms with Crippen LogP contribution >= 0.6 is 90.4 Å². The van der Waals surface area contributed by atoms with Crippen molar-refractivity contribution in [2.24, 2.45) is 5.41 Å². The Kier molecular flexibility index (Phi) is 2.80. The van der Waals surface area contributed by atoms with Crippen LogP contribution in [0.5, 0.6) is 0 Å². The third kappa shape index (κ3) is 0.992. The lowest BCUT2D eigenvalue weighted by Gasteiger charge is -2.40. The first-order valence-electron chi connectivity index (χ1n) is 3.18. The second-order valence-corrected chi connectivity index (χ2v) is 8.67. The van der Waals surface area contributed by atoms with Gasteiger partial charge in [-0.25, -0.2) is 0 Å². The quantitative estimate of drug-likeness (QED) is 0.301. The minimum atomic E-state index is 0.752. The van der Waals surface area contributed by atoms with Gasteiger partial charge in [-0.2, -0.15) is 0 Å². The summed E-state index contributed by atoms with van der Waals surface area (Å²) in [5, 5.41) is 0. The standard InChI is InChI=1S/C6H6I4/c7-2-1-3(8)6(2)4(9)5(6)10/h2-5H,1H2. The zero-order valence-corrected chi connectivity index (χ0v) is 13.7. The summed E-state index contributed by atoms with van der Waals surface area (Å²) in [6.07, 6.45) is 1.44. The largest absolute Gasteiger partial charge is 0.0819 e. The second kappa shape index (κ2) is 2.96. The van der Waals surface area contributed by atoms with Crippen molar-refractivity contribution in [3.05, 3.63) is 0 Å². The monoisotopic (exact) mass is 586 g/mol. The predicted molar refractivity (Wildman–Crippen MR) is 78.3 cm³/mol. The summed E-state index contributed by atoms with van der Waals surface area (Å²) in [7, 11) is 0. The van der Waals surface area contributed by atoms with Crippen LogP contribution in [0, 0.1) is 5.41 Å². The number of halogens is 4. The van der Waals surface area contributed by atoms with E-state index in [2.05, 4.69) is 90.4 Å². The van der Waals surface area contributed by atoms with Crippen LogP contribution in [-0.4, -0.2) is 15.7 Å². The summed E-state index contributed by atoms with van der Waals surface area (Å²) >= 11 is 10.5. The Balaban J connectivity index is 2.17. The Morgan fingerprint density at radius 1 is 0.900 bits per heavy atom. The first-order valence-corrected chi connectivity index (χ1v) is 8.16. The number of hydrogen-bond donors (Lipinski definition) is 0. The van der Waals surface area contributed by atoms with Crippen LogP contribution in [0.2, 0.25) is 0 Å². The molecular weight excluding hydrogens is 580 g/mol. The summed E-state index contributed by atoms with van der Waals surface area (Å²) in [4.78, 5) is 0. The summed E-state index contributed by atoms with van der Waals surface area (Å²) in [6.45, 7) is 0. The van der Waals surface area contributed by atoms with E-state index in [1.54, 1.807) is 0 Å². The summed E-state index contributed by atoms with van der Waals surface area (Å²) in [5.74, 6) is 0. The smallest absolute Gasteiger partial charge is 0.0321 e. The van der Waals surface area contributed by atoms with E-state index in [0.29, 0.717) is 0 Å². The lowest BCUT2D eigenvalue weighted by Crippen LogP contribution is -2.43. The first kappa shape index (κ1) is 9.47. The Morgan fingerprint density at radius 3 is 1.40 bits per heavy atom. The molecule has 2 rings (SSSR count). The summed E-state index contributed by atoms with van der Waals surface area (Å²) < 4.78 is 3.86. The van der Waals surface area contributed by atoms with Crippen molar-refractivity contribution in [2.75, 3.05) is 0 Å². The molecule has 10 heavy (non-hydrogen) atoms. The number of hydrogen-bond acceptors (Lipinski definition) is 0. The van der Waals surface area contributed by atoms with Crippen LogP contribution in [0.15, 0.2) is 0 Å². The van der Waals surface area contributed by atoms with Gasteiger partial charge in [0.05, 0.1) is 0 Å².